The van der Waals surface area contributed by atoms with Crippen molar-refractivity contribution in [3.8, 4) is 11.8 Å². The molecule has 144 valence electrons. The number of halogens is 2. The summed E-state index contributed by atoms with van der Waals surface area (Å²) in [6.07, 6.45) is 1.54. The molecule has 6 heteroatoms. The summed E-state index contributed by atoms with van der Waals surface area (Å²) in [7, 11) is 0. The van der Waals surface area contributed by atoms with Crippen molar-refractivity contribution in [2.24, 2.45) is 0 Å². The van der Waals surface area contributed by atoms with Crippen LogP contribution in [-0.4, -0.2) is 5.91 Å². The molecule has 0 heterocycles. The van der Waals surface area contributed by atoms with Gasteiger partial charge in [0.05, 0.1) is 3.57 Å². The van der Waals surface area contributed by atoms with E-state index in [9.17, 15) is 10.1 Å². The van der Waals surface area contributed by atoms with Crippen LogP contribution in [0.5, 0.6) is 5.75 Å². The molecule has 0 radical (unpaired) electrons. The molecule has 0 bridgehead atoms. The van der Waals surface area contributed by atoms with Gasteiger partial charge < -0.3 is 10.1 Å². The number of nitrogens with zero attached hydrogens (tertiary/aromatic N) is 1. The topological polar surface area (TPSA) is 62.1 Å². The second-order valence-electron chi connectivity index (χ2n) is 6.10. The third-order valence-electron chi connectivity index (χ3n) is 3.95. The molecule has 29 heavy (non-hydrogen) atoms. The Morgan fingerprint density at radius 3 is 2.59 bits per heavy atom. The van der Waals surface area contributed by atoms with Gasteiger partial charge in [0.25, 0.3) is 5.91 Å². The van der Waals surface area contributed by atoms with Gasteiger partial charge in [0.15, 0.2) is 0 Å². The molecule has 3 aromatic carbocycles. The van der Waals surface area contributed by atoms with Gasteiger partial charge in [0.2, 0.25) is 0 Å². The van der Waals surface area contributed by atoms with Crippen LogP contribution in [0.25, 0.3) is 6.08 Å². The lowest BCUT2D eigenvalue weighted by Gasteiger charge is -2.09. The number of rotatable bonds is 6. The normalized spacial score (nSPS) is 10.9. The van der Waals surface area contributed by atoms with Gasteiger partial charge in [0, 0.05) is 10.7 Å². The van der Waals surface area contributed by atoms with Crippen molar-refractivity contribution in [1.82, 2.24) is 0 Å². The molecule has 1 amide bonds. The fraction of sp³-hybridized carbons (Fsp3) is 0.0435. The van der Waals surface area contributed by atoms with E-state index in [0.717, 1.165) is 20.4 Å². The Morgan fingerprint density at radius 1 is 1.10 bits per heavy atom. The molecule has 0 aliphatic heterocycles. The number of amides is 1. The van der Waals surface area contributed by atoms with Crippen LogP contribution in [0, 0.1) is 14.9 Å². The summed E-state index contributed by atoms with van der Waals surface area (Å²) >= 11 is 8.10. The van der Waals surface area contributed by atoms with Gasteiger partial charge in [-0.1, -0.05) is 54.1 Å². The van der Waals surface area contributed by atoms with Gasteiger partial charge >= 0.3 is 0 Å². The molecule has 4 nitrogen and oxygen atoms in total. The highest BCUT2D eigenvalue weighted by atomic mass is 127. The lowest BCUT2D eigenvalue weighted by atomic mass is 10.1. The SMILES string of the molecule is N#C/C(=C\c1ccc(OCc2ccccc2)c(I)c1)C(=O)Nc1cccc(Cl)c1. The monoisotopic (exact) mass is 514 g/mol. The second-order valence-corrected chi connectivity index (χ2v) is 7.70. The van der Waals surface area contributed by atoms with Crippen LogP contribution in [0.2, 0.25) is 5.02 Å². The average Bonchev–Trinajstić information content (AvgIpc) is 2.72. The molecule has 0 aliphatic carbocycles. The first-order valence-electron chi connectivity index (χ1n) is 8.70. The summed E-state index contributed by atoms with van der Waals surface area (Å²) in [4.78, 5) is 12.4. The Hall–Kier alpha value is -2.82. The lowest BCUT2D eigenvalue weighted by molar-refractivity contribution is -0.112. The van der Waals surface area contributed by atoms with E-state index in [4.69, 9.17) is 16.3 Å². The number of hydrogen-bond acceptors (Lipinski definition) is 3. The Bertz CT molecular complexity index is 1090. The smallest absolute Gasteiger partial charge is 0.266 e. The molecule has 1 N–H and O–H groups in total. The summed E-state index contributed by atoms with van der Waals surface area (Å²) < 4.78 is 6.75. The quantitative estimate of drug-likeness (QED) is 0.247. The van der Waals surface area contributed by atoms with Crippen LogP contribution in [0.15, 0.2) is 78.4 Å². The van der Waals surface area contributed by atoms with Crippen LogP contribution < -0.4 is 10.1 Å². The molecular formula is C23H16ClIN2O2. The third kappa shape index (κ3) is 6.08. The zero-order chi connectivity index (χ0) is 20.6. The van der Waals surface area contributed by atoms with Crippen molar-refractivity contribution in [2.75, 3.05) is 5.32 Å². The number of carbonyl (C=O) groups excluding carboxylic acids is 1. The van der Waals surface area contributed by atoms with Gasteiger partial charge in [-0.3, -0.25) is 4.79 Å². The maximum atomic E-state index is 12.4. The largest absolute Gasteiger partial charge is 0.488 e. The maximum Gasteiger partial charge on any atom is 0.266 e. The van der Waals surface area contributed by atoms with Crippen molar-refractivity contribution < 1.29 is 9.53 Å². The zero-order valence-corrected chi connectivity index (χ0v) is 18.1. The van der Waals surface area contributed by atoms with E-state index in [1.54, 1.807) is 30.3 Å². The van der Waals surface area contributed by atoms with Crippen molar-refractivity contribution in [2.45, 2.75) is 6.61 Å². The van der Waals surface area contributed by atoms with Gasteiger partial charge in [-0.15, -0.1) is 0 Å². The zero-order valence-electron chi connectivity index (χ0n) is 15.2. The molecule has 3 aromatic rings. The molecule has 0 spiro atoms. The average molecular weight is 515 g/mol. The molecule has 0 saturated carbocycles. The van der Waals surface area contributed by atoms with Crippen molar-refractivity contribution >= 4 is 51.9 Å². The van der Waals surface area contributed by atoms with E-state index in [1.807, 2.05) is 54.6 Å². The number of nitriles is 1. The first-order valence-corrected chi connectivity index (χ1v) is 10.2. The summed E-state index contributed by atoms with van der Waals surface area (Å²) in [5, 5.41) is 12.6. The standard InChI is InChI=1S/C23H16ClIN2O2/c24-19-7-4-8-20(13-19)27-23(28)18(14-26)11-17-9-10-22(21(25)12-17)29-15-16-5-2-1-3-6-16/h1-13H,15H2,(H,27,28)/b18-11+. The number of carbonyl (C=O) groups is 1. The van der Waals surface area contributed by atoms with E-state index in [2.05, 4.69) is 27.9 Å². The van der Waals surface area contributed by atoms with Gasteiger partial charge in [0.1, 0.15) is 24.0 Å². The maximum absolute atomic E-state index is 12.4. The van der Waals surface area contributed by atoms with E-state index in [-0.39, 0.29) is 5.57 Å². The number of ether oxygens (including phenoxy) is 1. The summed E-state index contributed by atoms with van der Waals surface area (Å²) in [6, 6.07) is 24.1. The van der Waals surface area contributed by atoms with Crippen LogP contribution in [0.4, 0.5) is 5.69 Å². The van der Waals surface area contributed by atoms with Gasteiger partial charge in [-0.25, -0.2) is 0 Å². The number of anilines is 1. The molecule has 0 aliphatic rings. The van der Waals surface area contributed by atoms with Crippen molar-refractivity contribution in [3.05, 3.63) is 98.1 Å². The molecule has 0 unspecified atom stereocenters. The molecule has 0 fully saturated rings. The number of nitrogens with one attached hydrogen (secondary N) is 1. The highest BCUT2D eigenvalue weighted by molar-refractivity contribution is 14.1. The minimum absolute atomic E-state index is 0.00118. The highest BCUT2D eigenvalue weighted by Gasteiger charge is 2.11. The number of hydrogen-bond donors (Lipinski definition) is 1. The predicted molar refractivity (Wildman–Crippen MR) is 124 cm³/mol. The van der Waals surface area contributed by atoms with E-state index < -0.39 is 5.91 Å². The molecule has 0 saturated heterocycles. The molecule has 0 aromatic heterocycles. The first-order chi connectivity index (χ1) is 14.0. The van der Waals surface area contributed by atoms with E-state index in [0.29, 0.717) is 17.3 Å². The van der Waals surface area contributed by atoms with Crippen molar-refractivity contribution in [3.63, 3.8) is 0 Å². The predicted octanol–water partition coefficient (Wildman–Crippen LogP) is 6.07. The van der Waals surface area contributed by atoms with Crippen LogP contribution >= 0.6 is 34.2 Å². The lowest BCUT2D eigenvalue weighted by Crippen LogP contribution is -2.13. The Balaban J connectivity index is 1.71. The van der Waals surface area contributed by atoms with Crippen LogP contribution in [0.3, 0.4) is 0 Å². The van der Waals surface area contributed by atoms with E-state index in [1.165, 1.54) is 0 Å². The molecule has 3 rings (SSSR count). The first kappa shape index (κ1) is 20.9. The minimum Gasteiger partial charge on any atom is -0.488 e. The Kier molecular flexibility index (Phi) is 7.28. The Morgan fingerprint density at radius 2 is 1.90 bits per heavy atom. The Labute approximate surface area is 187 Å². The summed E-state index contributed by atoms with van der Waals surface area (Å²) in [5.74, 6) is 0.252. The summed E-state index contributed by atoms with van der Waals surface area (Å²) in [5.41, 5.74) is 2.35. The highest BCUT2D eigenvalue weighted by Crippen LogP contribution is 2.24. The van der Waals surface area contributed by atoms with E-state index >= 15 is 0 Å². The molecule has 0 atom stereocenters. The third-order valence-corrected chi connectivity index (χ3v) is 5.03. The van der Waals surface area contributed by atoms with Crippen molar-refractivity contribution in [1.29, 1.82) is 5.26 Å². The fourth-order valence-electron chi connectivity index (χ4n) is 2.54. The minimum atomic E-state index is -0.492. The molecular weight excluding hydrogens is 499 g/mol. The van der Waals surface area contributed by atoms with Crippen LogP contribution in [0.1, 0.15) is 11.1 Å². The van der Waals surface area contributed by atoms with Crippen LogP contribution in [-0.2, 0) is 11.4 Å². The summed E-state index contributed by atoms with van der Waals surface area (Å²) in [6.45, 7) is 0.470. The fourth-order valence-corrected chi connectivity index (χ4v) is 3.42. The second kappa shape index (κ2) is 10.1. The van der Waals surface area contributed by atoms with Gasteiger partial charge in [-0.2, -0.15) is 5.26 Å². The van der Waals surface area contributed by atoms with Gasteiger partial charge in [-0.05, 0) is 70.1 Å². The number of benzene rings is 3.